The van der Waals surface area contributed by atoms with E-state index < -0.39 is 0 Å². The highest BCUT2D eigenvalue weighted by atomic mass is 16.1. The number of ketones is 1. The molecule has 54 valence electrons. The molecule has 1 rings (SSSR count). The number of carbonyl (C=O) groups excluding carboxylic acids is 1. The lowest BCUT2D eigenvalue weighted by Gasteiger charge is -2.02. The van der Waals surface area contributed by atoms with Crippen LogP contribution in [0.2, 0.25) is 0 Å². The average Bonchev–Trinajstić information content (AvgIpc) is 1.88. The second-order valence-corrected chi connectivity index (χ2v) is 2.44. The molecule has 0 saturated carbocycles. The van der Waals surface area contributed by atoms with Crippen LogP contribution in [0.1, 0.15) is 19.8 Å². The number of dihydropyridines is 1. The van der Waals surface area contributed by atoms with E-state index in [0.29, 0.717) is 6.42 Å². The van der Waals surface area contributed by atoms with Crippen LogP contribution in [0, 0.1) is 0 Å². The van der Waals surface area contributed by atoms with Crippen molar-refractivity contribution >= 4 is 11.5 Å². The van der Waals surface area contributed by atoms with Crippen molar-refractivity contribution in [3.05, 3.63) is 12.2 Å². The monoisotopic (exact) mass is 137 g/mol. The summed E-state index contributed by atoms with van der Waals surface area (Å²) in [5.41, 5.74) is 0.929. The maximum atomic E-state index is 10.6. The molecule has 0 fully saturated rings. The van der Waals surface area contributed by atoms with Crippen LogP contribution in [0.25, 0.3) is 0 Å². The molecular formula is C8H11NO. The van der Waals surface area contributed by atoms with Crippen molar-refractivity contribution < 1.29 is 4.79 Å². The largest absolute Gasteiger partial charge is 0.300 e. The van der Waals surface area contributed by atoms with Gasteiger partial charge in [-0.3, -0.25) is 9.79 Å². The Balaban J connectivity index is 2.48. The number of nitrogens with zero attached hydrogens (tertiary/aromatic N) is 1. The Morgan fingerprint density at radius 2 is 2.60 bits per heavy atom. The number of carbonyl (C=O) groups is 1. The Kier molecular flexibility index (Phi) is 2.37. The number of rotatable bonds is 2. The third kappa shape index (κ3) is 2.13. The lowest BCUT2D eigenvalue weighted by Crippen LogP contribution is -2.05. The summed E-state index contributed by atoms with van der Waals surface area (Å²) in [5, 5.41) is 0. The van der Waals surface area contributed by atoms with Crippen molar-refractivity contribution in [1.82, 2.24) is 0 Å². The molecule has 10 heavy (non-hydrogen) atoms. The van der Waals surface area contributed by atoms with Gasteiger partial charge in [-0.05, 0) is 19.4 Å². The van der Waals surface area contributed by atoms with Crippen molar-refractivity contribution in [3.8, 4) is 0 Å². The van der Waals surface area contributed by atoms with E-state index in [0.717, 1.165) is 18.7 Å². The zero-order valence-corrected chi connectivity index (χ0v) is 6.13. The van der Waals surface area contributed by atoms with Crippen LogP contribution < -0.4 is 0 Å². The first-order valence-electron chi connectivity index (χ1n) is 3.48. The van der Waals surface area contributed by atoms with E-state index in [1.54, 1.807) is 6.92 Å². The Morgan fingerprint density at radius 3 is 3.10 bits per heavy atom. The van der Waals surface area contributed by atoms with Gasteiger partial charge in [0.25, 0.3) is 0 Å². The smallest absolute Gasteiger partial charge is 0.135 e. The zero-order chi connectivity index (χ0) is 7.40. The molecule has 0 aromatic heterocycles. The summed E-state index contributed by atoms with van der Waals surface area (Å²) < 4.78 is 0. The molecule has 2 nitrogen and oxygen atoms in total. The number of allylic oxidation sites excluding steroid dienone is 1. The normalized spacial score (nSPS) is 16.7. The van der Waals surface area contributed by atoms with E-state index in [2.05, 4.69) is 11.1 Å². The van der Waals surface area contributed by atoms with Gasteiger partial charge in [0.1, 0.15) is 5.78 Å². The van der Waals surface area contributed by atoms with E-state index in [1.165, 1.54) is 0 Å². The van der Waals surface area contributed by atoms with E-state index in [-0.39, 0.29) is 5.78 Å². The van der Waals surface area contributed by atoms with Gasteiger partial charge in [-0.1, -0.05) is 6.08 Å². The third-order valence-electron chi connectivity index (χ3n) is 1.35. The zero-order valence-electron chi connectivity index (χ0n) is 6.13. The van der Waals surface area contributed by atoms with Crippen molar-refractivity contribution in [3.63, 3.8) is 0 Å². The van der Waals surface area contributed by atoms with Gasteiger partial charge < -0.3 is 0 Å². The molecule has 0 unspecified atom stereocenters. The van der Waals surface area contributed by atoms with Crippen LogP contribution in [0.3, 0.4) is 0 Å². The summed E-state index contributed by atoms with van der Waals surface area (Å²) in [4.78, 5) is 14.8. The van der Waals surface area contributed by atoms with E-state index in [9.17, 15) is 4.79 Å². The molecule has 0 radical (unpaired) electrons. The molecule has 1 aliphatic rings. The molecule has 1 heterocycles. The molecule has 0 saturated heterocycles. The van der Waals surface area contributed by atoms with Gasteiger partial charge in [0, 0.05) is 18.7 Å². The minimum absolute atomic E-state index is 0.185. The van der Waals surface area contributed by atoms with Crippen molar-refractivity contribution in [2.24, 2.45) is 4.99 Å². The first kappa shape index (κ1) is 7.19. The number of Topliss-reactive ketones (excluding diaryl/α,β-unsaturated/α-hetero) is 1. The van der Waals surface area contributed by atoms with Crippen LogP contribution in [-0.4, -0.2) is 18.0 Å². The van der Waals surface area contributed by atoms with E-state index in [1.807, 2.05) is 6.08 Å². The third-order valence-corrected chi connectivity index (χ3v) is 1.35. The quantitative estimate of drug-likeness (QED) is 0.565. The molecule has 0 atom stereocenters. The highest BCUT2D eigenvalue weighted by Crippen LogP contribution is 1.99. The van der Waals surface area contributed by atoms with Crippen LogP contribution in [-0.2, 0) is 4.79 Å². The first-order valence-corrected chi connectivity index (χ1v) is 3.48. The predicted octanol–water partition coefficient (Wildman–Crippen LogP) is 1.37. The Bertz CT molecular complexity index is 191. The molecule has 0 N–H and O–H groups in total. The molecule has 2 heteroatoms. The van der Waals surface area contributed by atoms with E-state index in [4.69, 9.17) is 0 Å². The fraction of sp³-hybridized carbons (Fsp3) is 0.500. The predicted molar refractivity (Wildman–Crippen MR) is 41.4 cm³/mol. The van der Waals surface area contributed by atoms with Gasteiger partial charge in [-0.25, -0.2) is 0 Å². The van der Waals surface area contributed by atoms with E-state index >= 15 is 0 Å². The minimum Gasteiger partial charge on any atom is -0.300 e. The highest BCUT2D eigenvalue weighted by Gasteiger charge is 2.00. The topological polar surface area (TPSA) is 29.4 Å². The number of hydrogen-bond donors (Lipinski definition) is 0. The van der Waals surface area contributed by atoms with Crippen LogP contribution >= 0.6 is 0 Å². The summed E-state index contributed by atoms with van der Waals surface area (Å²) >= 11 is 0. The molecule has 0 bridgehead atoms. The maximum absolute atomic E-state index is 10.6. The van der Waals surface area contributed by atoms with Crippen LogP contribution in [0.5, 0.6) is 0 Å². The van der Waals surface area contributed by atoms with Crippen LogP contribution in [0.15, 0.2) is 17.1 Å². The van der Waals surface area contributed by atoms with Crippen molar-refractivity contribution in [1.29, 1.82) is 0 Å². The Labute approximate surface area is 60.7 Å². The molecule has 0 amide bonds. The molecule has 1 aliphatic heterocycles. The summed E-state index contributed by atoms with van der Waals surface area (Å²) in [6.07, 6.45) is 5.51. The summed E-state index contributed by atoms with van der Waals surface area (Å²) in [6, 6.07) is 0. The van der Waals surface area contributed by atoms with Gasteiger partial charge in [-0.15, -0.1) is 0 Å². The Hall–Kier alpha value is -0.920. The lowest BCUT2D eigenvalue weighted by atomic mass is 10.1. The first-order chi connectivity index (χ1) is 4.79. The summed E-state index contributed by atoms with van der Waals surface area (Å²) in [6.45, 7) is 2.43. The average molecular weight is 137 g/mol. The van der Waals surface area contributed by atoms with Crippen molar-refractivity contribution in [2.45, 2.75) is 19.8 Å². The molecule has 0 aliphatic carbocycles. The van der Waals surface area contributed by atoms with Gasteiger partial charge in [-0.2, -0.15) is 0 Å². The Morgan fingerprint density at radius 1 is 1.80 bits per heavy atom. The molecule has 0 aromatic rings. The molecular weight excluding hydrogens is 126 g/mol. The maximum Gasteiger partial charge on any atom is 0.135 e. The fourth-order valence-corrected chi connectivity index (χ4v) is 0.925. The molecule has 0 aromatic carbocycles. The lowest BCUT2D eigenvalue weighted by molar-refractivity contribution is -0.115. The van der Waals surface area contributed by atoms with Crippen molar-refractivity contribution in [2.75, 3.05) is 6.54 Å². The fourth-order valence-electron chi connectivity index (χ4n) is 0.925. The summed E-state index contributed by atoms with van der Waals surface area (Å²) in [5.74, 6) is 0.185. The second-order valence-electron chi connectivity index (χ2n) is 2.44. The molecule has 0 spiro atoms. The van der Waals surface area contributed by atoms with Gasteiger partial charge in [0.2, 0.25) is 0 Å². The van der Waals surface area contributed by atoms with Crippen LogP contribution in [0.4, 0.5) is 0 Å². The van der Waals surface area contributed by atoms with Gasteiger partial charge >= 0.3 is 0 Å². The van der Waals surface area contributed by atoms with Gasteiger partial charge in [0.15, 0.2) is 0 Å². The number of hydrogen-bond acceptors (Lipinski definition) is 2. The minimum atomic E-state index is 0.185. The standard InChI is InChI=1S/C8H11NO/c1-7(10)6-8-4-2-3-5-9-8/h2,4H,3,5-6H2,1H3. The number of aliphatic imine (C=N–C) groups is 1. The summed E-state index contributed by atoms with van der Waals surface area (Å²) in [7, 11) is 0. The highest BCUT2D eigenvalue weighted by molar-refractivity contribution is 6.07. The SMILES string of the molecule is CC(=O)CC1=NCCC=C1. The van der Waals surface area contributed by atoms with Gasteiger partial charge in [0.05, 0.1) is 0 Å². The second kappa shape index (κ2) is 3.30.